The van der Waals surface area contributed by atoms with Gasteiger partial charge in [-0.05, 0) is 73.6 Å². The zero-order chi connectivity index (χ0) is 33.5. The van der Waals surface area contributed by atoms with Crippen molar-refractivity contribution in [1.82, 2.24) is 20.2 Å². The summed E-state index contributed by atoms with van der Waals surface area (Å²) in [7, 11) is 1.56. The number of nitrogens with zero attached hydrogens (tertiary/aromatic N) is 4. The van der Waals surface area contributed by atoms with Crippen molar-refractivity contribution >= 4 is 29.3 Å². The average Bonchev–Trinajstić information content (AvgIpc) is 3.91. The summed E-state index contributed by atoms with van der Waals surface area (Å²) in [6, 6.07) is 11.1. The van der Waals surface area contributed by atoms with Crippen molar-refractivity contribution in [2.24, 2.45) is 0 Å². The number of aryl methyl sites for hydroxylation is 2. The second kappa shape index (κ2) is 15.2. The summed E-state index contributed by atoms with van der Waals surface area (Å²) >= 11 is 0. The quantitative estimate of drug-likeness (QED) is 0.162. The molecule has 1 aromatic carbocycles. The highest BCUT2D eigenvalue weighted by molar-refractivity contribution is 6.07. The van der Waals surface area contributed by atoms with E-state index in [1.165, 1.54) is 24.5 Å². The molecule has 11 nitrogen and oxygen atoms in total. The molecule has 1 saturated carbocycles. The van der Waals surface area contributed by atoms with E-state index < -0.39 is 12.0 Å². The summed E-state index contributed by atoms with van der Waals surface area (Å²) in [6.07, 6.45) is 6.66. The first-order valence-corrected chi connectivity index (χ1v) is 15.9. The Hall–Kier alpha value is -4.74. The number of carbonyl (C=O) groups is 3. The van der Waals surface area contributed by atoms with Crippen LogP contribution < -0.4 is 15.4 Å². The number of anilines is 1. The number of carbonyl (C=O) groups excluding carboxylic acids is 3. The molecule has 1 aliphatic carbocycles. The lowest BCUT2D eigenvalue weighted by atomic mass is 10.0. The Balaban J connectivity index is 1.48. The van der Waals surface area contributed by atoms with Crippen molar-refractivity contribution in [1.29, 1.82) is 0 Å². The minimum atomic E-state index is -0.543. The molecule has 0 spiro atoms. The number of ether oxygens (including phenoxy) is 2. The van der Waals surface area contributed by atoms with Gasteiger partial charge in [0.25, 0.3) is 11.8 Å². The Kier molecular flexibility index (Phi) is 10.9. The minimum absolute atomic E-state index is 0.116. The fourth-order valence-electron chi connectivity index (χ4n) is 5.68. The molecule has 11 heteroatoms. The monoisotopic (exact) mass is 639 g/mol. The van der Waals surface area contributed by atoms with Gasteiger partial charge in [0.15, 0.2) is 18.4 Å². The van der Waals surface area contributed by atoms with E-state index in [-0.39, 0.29) is 23.9 Å². The molecule has 3 amide bonds. The summed E-state index contributed by atoms with van der Waals surface area (Å²) in [4.78, 5) is 50.7. The summed E-state index contributed by atoms with van der Waals surface area (Å²) in [5.74, 6) is 0.454. The molecule has 2 aliphatic rings. The fourth-order valence-corrected chi connectivity index (χ4v) is 5.68. The van der Waals surface area contributed by atoms with Crippen molar-refractivity contribution in [2.45, 2.75) is 45.6 Å². The van der Waals surface area contributed by atoms with E-state index >= 15 is 0 Å². The summed E-state index contributed by atoms with van der Waals surface area (Å²) in [5, 5.41) is 5.74. The molecule has 0 unspecified atom stereocenters. The van der Waals surface area contributed by atoms with E-state index in [1.807, 2.05) is 39.1 Å². The highest BCUT2D eigenvalue weighted by Gasteiger charge is 2.31. The number of hydrogen-bond donors (Lipinski definition) is 2. The molecular weight excluding hydrogens is 596 g/mol. The van der Waals surface area contributed by atoms with Gasteiger partial charge in [0.2, 0.25) is 0 Å². The third kappa shape index (κ3) is 8.35. The van der Waals surface area contributed by atoms with E-state index in [0.29, 0.717) is 61.4 Å². The SMILES string of the molecule is C=CC(=O)[N+]1=C(C)CN(C[C@@H](Oc2cc(C)c(C(=O)Nc3ncccc3C)cc2C(=O)NCCOC)c2ccc(C3CC3)cn2)CC1. The van der Waals surface area contributed by atoms with Gasteiger partial charge >= 0.3 is 5.91 Å². The highest BCUT2D eigenvalue weighted by Crippen LogP contribution is 2.40. The van der Waals surface area contributed by atoms with Crippen LogP contribution in [-0.2, 0) is 9.53 Å². The van der Waals surface area contributed by atoms with E-state index in [0.717, 1.165) is 17.0 Å². The van der Waals surface area contributed by atoms with E-state index in [1.54, 1.807) is 36.1 Å². The molecule has 2 aromatic heterocycles. The van der Waals surface area contributed by atoms with Crippen LogP contribution in [0, 0.1) is 13.8 Å². The predicted molar refractivity (Wildman–Crippen MR) is 179 cm³/mol. The zero-order valence-electron chi connectivity index (χ0n) is 27.5. The Morgan fingerprint density at radius 3 is 2.55 bits per heavy atom. The average molecular weight is 640 g/mol. The Morgan fingerprint density at radius 1 is 1.09 bits per heavy atom. The first-order chi connectivity index (χ1) is 22.7. The molecule has 2 N–H and O–H groups in total. The number of aromatic nitrogens is 2. The molecule has 0 bridgehead atoms. The molecule has 0 saturated heterocycles. The van der Waals surface area contributed by atoms with E-state index in [2.05, 4.69) is 33.2 Å². The lowest BCUT2D eigenvalue weighted by Gasteiger charge is -2.29. The standard InChI is InChI=1S/C36H42N6O5/c1-6-33(43)42-16-15-41(21-25(42)4)22-32(30-12-11-27(20-39-30)26-9-10-26)47-31-18-24(3)28(19-29(31)35(44)38-14-17-46-5)36(45)40-34-23(2)8-7-13-37-34/h6-8,11-13,18-20,26,32H,1,9-10,14-17,21-22H2,2-5H3,(H-,37,38,40,44,45)/p+1/t32-/m1/s1. The molecule has 1 fully saturated rings. The molecular formula is C36H43N6O5+. The van der Waals surface area contributed by atoms with Crippen LogP contribution in [0.4, 0.5) is 5.82 Å². The number of hydrogen-bond acceptors (Lipinski definition) is 8. The van der Waals surface area contributed by atoms with Crippen molar-refractivity contribution < 1.29 is 28.4 Å². The van der Waals surface area contributed by atoms with Gasteiger partial charge in [-0.2, -0.15) is 4.58 Å². The number of rotatable bonds is 13. The van der Waals surface area contributed by atoms with Gasteiger partial charge in [0.1, 0.15) is 11.6 Å². The number of amides is 3. The van der Waals surface area contributed by atoms with Crippen LogP contribution in [0.15, 0.2) is 61.4 Å². The summed E-state index contributed by atoms with van der Waals surface area (Å²) in [5.41, 5.74) is 4.87. The van der Waals surface area contributed by atoms with Crippen molar-refractivity contribution in [2.75, 3.05) is 51.8 Å². The summed E-state index contributed by atoms with van der Waals surface area (Å²) < 4.78 is 13.6. The smallest absolute Gasteiger partial charge is 0.411 e. The predicted octanol–water partition coefficient (Wildman–Crippen LogP) is 4.22. The maximum atomic E-state index is 13.6. The Bertz CT molecular complexity index is 1680. The van der Waals surface area contributed by atoms with Gasteiger partial charge < -0.3 is 20.1 Å². The highest BCUT2D eigenvalue weighted by atomic mass is 16.5. The van der Waals surface area contributed by atoms with Crippen LogP contribution >= 0.6 is 0 Å². The van der Waals surface area contributed by atoms with Gasteiger partial charge in [-0.25, -0.2) is 9.78 Å². The van der Waals surface area contributed by atoms with Crippen molar-refractivity contribution in [3.8, 4) is 5.75 Å². The second-order valence-electron chi connectivity index (χ2n) is 12.1. The van der Waals surface area contributed by atoms with Crippen molar-refractivity contribution in [3.05, 3.63) is 95.0 Å². The number of nitrogens with one attached hydrogen (secondary N) is 2. The van der Waals surface area contributed by atoms with Crippen LogP contribution in [0.5, 0.6) is 5.75 Å². The number of benzene rings is 1. The molecule has 47 heavy (non-hydrogen) atoms. The van der Waals surface area contributed by atoms with Gasteiger partial charge in [-0.3, -0.25) is 19.5 Å². The third-order valence-electron chi connectivity index (χ3n) is 8.52. The Morgan fingerprint density at radius 2 is 1.89 bits per heavy atom. The van der Waals surface area contributed by atoms with Crippen LogP contribution in [0.2, 0.25) is 0 Å². The molecule has 3 aromatic rings. The fraction of sp³-hybridized carbons (Fsp3) is 0.389. The molecule has 3 heterocycles. The zero-order valence-corrected chi connectivity index (χ0v) is 27.5. The largest absolute Gasteiger partial charge is 0.482 e. The molecule has 1 aliphatic heterocycles. The van der Waals surface area contributed by atoms with E-state index in [9.17, 15) is 14.4 Å². The third-order valence-corrected chi connectivity index (χ3v) is 8.52. The molecule has 5 rings (SSSR count). The van der Waals surface area contributed by atoms with Crippen LogP contribution in [0.3, 0.4) is 0 Å². The normalized spacial score (nSPS) is 15.6. The first-order valence-electron chi connectivity index (χ1n) is 15.9. The van der Waals surface area contributed by atoms with Gasteiger partial charge in [0, 0.05) is 51.2 Å². The maximum Gasteiger partial charge on any atom is 0.411 e. The molecule has 0 radical (unpaired) electrons. The Labute approximate surface area is 275 Å². The van der Waals surface area contributed by atoms with Crippen LogP contribution in [0.1, 0.15) is 74.9 Å². The summed E-state index contributed by atoms with van der Waals surface area (Å²) in [6.45, 7) is 12.1. The van der Waals surface area contributed by atoms with Crippen LogP contribution in [-0.4, -0.2) is 89.3 Å². The molecule has 246 valence electrons. The van der Waals surface area contributed by atoms with Crippen molar-refractivity contribution in [3.63, 3.8) is 0 Å². The first kappa shape index (κ1) is 33.6. The van der Waals surface area contributed by atoms with Gasteiger partial charge in [-0.1, -0.05) is 18.7 Å². The van der Waals surface area contributed by atoms with Gasteiger partial charge in [0.05, 0.1) is 31.0 Å². The second-order valence-corrected chi connectivity index (χ2v) is 12.1. The van der Waals surface area contributed by atoms with E-state index in [4.69, 9.17) is 14.5 Å². The number of pyridine rings is 2. The number of methoxy groups -OCH3 is 1. The van der Waals surface area contributed by atoms with Crippen LogP contribution in [0.25, 0.3) is 0 Å². The molecule has 1 atom stereocenters. The lowest BCUT2D eigenvalue weighted by molar-refractivity contribution is -0.451. The minimum Gasteiger partial charge on any atom is -0.482 e. The maximum absolute atomic E-state index is 13.6. The van der Waals surface area contributed by atoms with Gasteiger partial charge in [-0.15, -0.1) is 0 Å². The topological polar surface area (TPSA) is 126 Å². The lowest BCUT2D eigenvalue weighted by Crippen LogP contribution is -2.47.